The van der Waals surface area contributed by atoms with Crippen LogP contribution in [0.5, 0.6) is 0 Å². The number of rotatable bonds is 5. The first-order chi connectivity index (χ1) is 12.2. The highest BCUT2D eigenvalue weighted by atomic mass is 16.5. The minimum Gasteiger partial charge on any atom is -0.369 e. The summed E-state index contributed by atoms with van der Waals surface area (Å²) in [7, 11) is 0. The molecule has 4 heterocycles. The van der Waals surface area contributed by atoms with Crippen molar-refractivity contribution in [3.05, 3.63) is 47.2 Å². The Morgan fingerprint density at radius 3 is 3.04 bits per heavy atom. The number of fused-ring (bicyclic) bond motifs is 1. The fraction of sp³-hybridized carbons (Fsp3) is 0.412. The molecule has 0 bridgehead atoms. The average molecular weight is 340 g/mol. The molecule has 1 atom stereocenters. The van der Waals surface area contributed by atoms with Gasteiger partial charge in [-0.2, -0.15) is 0 Å². The van der Waals surface area contributed by atoms with Crippen LogP contribution in [0, 0.1) is 13.8 Å². The minimum absolute atomic E-state index is 0.0522. The van der Waals surface area contributed by atoms with Gasteiger partial charge >= 0.3 is 0 Å². The third kappa shape index (κ3) is 3.18. The van der Waals surface area contributed by atoms with Gasteiger partial charge in [0, 0.05) is 36.6 Å². The number of pyridine rings is 1. The molecule has 0 saturated heterocycles. The van der Waals surface area contributed by atoms with E-state index in [1.165, 1.54) is 0 Å². The lowest BCUT2D eigenvalue weighted by molar-refractivity contribution is 0.00123. The molecule has 0 saturated carbocycles. The molecule has 1 N–H and O–H groups in total. The van der Waals surface area contributed by atoms with Crippen LogP contribution in [0.25, 0.3) is 11.3 Å². The van der Waals surface area contributed by atoms with Gasteiger partial charge in [0.25, 0.3) is 0 Å². The molecule has 8 heteroatoms. The van der Waals surface area contributed by atoms with Gasteiger partial charge in [0.15, 0.2) is 0 Å². The largest absolute Gasteiger partial charge is 0.369 e. The zero-order valence-electron chi connectivity index (χ0n) is 14.3. The third-order valence-corrected chi connectivity index (χ3v) is 4.46. The molecule has 130 valence electrons. The molecule has 0 radical (unpaired) electrons. The van der Waals surface area contributed by atoms with Crippen molar-refractivity contribution in [2.75, 3.05) is 6.54 Å². The summed E-state index contributed by atoms with van der Waals surface area (Å²) in [4.78, 5) is 4.14. The molecule has 0 spiro atoms. The SMILES string of the molecule is Cc1noc(C)c1CNCC1Cn2nnc(-c3cccnc3)c2CO1. The van der Waals surface area contributed by atoms with E-state index in [4.69, 9.17) is 9.26 Å². The van der Waals surface area contributed by atoms with Gasteiger partial charge in [-0.25, -0.2) is 4.68 Å². The van der Waals surface area contributed by atoms with Crippen LogP contribution in [-0.2, 0) is 24.4 Å². The highest BCUT2D eigenvalue weighted by molar-refractivity contribution is 5.59. The Balaban J connectivity index is 1.38. The maximum Gasteiger partial charge on any atom is 0.138 e. The van der Waals surface area contributed by atoms with Crippen LogP contribution in [-0.4, -0.2) is 37.8 Å². The van der Waals surface area contributed by atoms with E-state index in [1.807, 2.05) is 30.7 Å². The van der Waals surface area contributed by atoms with Crippen LogP contribution in [0.15, 0.2) is 29.0 Å². The van der Waals surface area contributed by atoms with Gasteiger partial charge in [-0.05, 0) is 26.0 Å². The molecule has 1 aliphatic heterocycles. The van der Waals surface area contributed by atoms with Crippen LogP contribution in [0.4, 0.5) is 0 Å². The summed E-state index contributed by atoms with van der Waals surface area (Å²) in [5, 5.41) is 16.0. The molecule has 3 aromatic rings. The molecule has 25 heavy (non-hydrogen) atoms. The molecular weight excluding hydrogens is 320 g/mol. The van der Waals surface area contributed by atoms with E-state index in [0.717, 1.165) is 40.5 Å². The van der Waals surface area contributed by atoms with Crippen molar-refractivity contribution in [1.82, 2.24) is 30.5 Å². The summed E-state index contributed by atoms with van der Waals surface area (Å²) in [6.07, 6.45) is 3.59. The zero-order chi connectivity index (χ0) is 17.2. The van der Waals surface area contributed by atoms with Crippen molar-refractivity contribution in [1.29, 1.82) is 0 Å². The molecule has 4 rings (SSSR count). The fourth-order valence-electron chi connectivity index (χ4n) is 3.03. The van der Waals surface area contributed by atoms with E-state index in [-0.39, 0.29) is 6.10 Å². The molecule has 8 nitrogen and oxygen atoms in total. The van der Waals surface area contributed by atoms with Gasteiger partial charge in [-0.15, -0.1) is 5.10 Å². The predicted molar refractivity (Wildman–Crippen MR) is 89.5 cm³/mol. The smallest absolute Gasteiger partial charge is 0.138 e. The lowest BCUT2D eigenvalue weighted by Gasteiger charge is -2.24. The van der Waals surface area contributed by atoms with Crippen molar-refractivity contribution in [2.45, 2.75) is 39.6 Å². The number of nitrogens with zero attached hydrogens (tertiary/aromatic N) is 5. The summed E-state index contributed by atoms with van der Waals surface area (Å²) in [5.41, 5.74) is 4.83. The molecule has 1 unspecified atom stereocenters. The molecule has 1 aliphatic rings. The summed E-state index contributed by atoms with van der Waals surface area (Å²) in [6.45, 7) is 6.49. The summed E-state index contributed by atoms with van der Waals surface area (Å²) in [5.74, 6) is 0.856. The molecule has 0 fully saturated rings. The second kappa shape index (κ2) is 6.73. The number of ether oxygens (including phenoxy) is 1. The predicted octanol–water partition coefficient (Wildman–Crippen LogP) is 1.63. The molecule has 3 aromatic heterocycles. The minimum atomic E-state index is 0.0522. The quantitative estimate of drug-likeness (QED) is 0.755. The zero-order valence-corrected chi connectivity index (χ0v) is 14.3. The number of aromatic nitrogens is 5. The Morgan fingerprint density at radius 2 is 2.28 bits per heavy atom. The van der Waals surface area contributed by atoms with Gasteiger partial charge in [-0.1, -0.05) is 10.4 Å². The van der Waals surface area contributed by atoms with Crippen molar-refractivity contribution in [2.24, 2.45) is 0 Å². The third-order valence-electron chi connectivity index (χ3n) is 4.46. The number of hydrogen-bond donors (Lipinski definition) is 1. The topological polar surface area (TPSA) is 90.9 Å². The van der Waals surface area contributed by atoms with Crippen molar-refractivity contribution in [3.63, 3.8) is 0 Å². The van der Waals surface area contributed by atoms with Crippen LogP contribution >= 0.6 is 0 Å². The molecule has 0 aromatic carbocycles. The monoisotopic (exact) mass is 340 g/mol. The summed E-state index contributed by atoms with van der Waals surface area (Å²) >= 11 is 0. The molecular formula is C17H20N6O2. The molecule has 0 aliphatic carbocycles. The van der Waals surface area contributed by atoms with Gasteiger partial charge in [0.1, 0.15) is 11.5 Å². The fourth-order valence-corrected chi connectivity index (χ4v) is 3.03. The van der Waals surface area contributed by atoms with Crippen LogP contribution < -0.4 is 5.32 Å². The van der Waals surface area contributed by atoms with E-state index >= 15 is 0 Å². The first-order valence-electron chi connectivity index (χ1n) is 8.29. The van der Waals surface area contributed by atoms with E-state index in [1.54, 1.807) is 12.4 Å². The van der Waals surface area contributed by atoms with Gasteiger partial charge in [-0.3, -0.25) is 4.98 Å². The van der Waals surface area contributed by atoms with Crippen LogP contribution in [0.3, 0.4) is 0 Å². The molecule has 0 amide bonds. The maximum atomic E-state index is 5.98. The van der Waals surface area contributed by atoms with Crippen molar-refractivity contribution < 1.29 is 9.26 Å². The normalized spacial score (nSPS) is 16.8. The number of aryl methyl sites for hydroxylation is 2. The van der Waals surface area contributed by atoms with E-state index in [0.29, 0.717) is 19.7 Å². The lowest BCUT2D eigenvalue weighted by atomic mass is 10.1. The Bertz CT molecular complexity index is 838. The van der Waals surface area contributed by atoms with Gasteiger partial charge in [0.05, 0.1) is 30.6 Å². The lowest BCUT2D eigenvalue weighted by Crippen LogP contribution is -2.36. The maximum absolute atomic E-state index is 5.98. The van der Waals surface area contributed by atoms with E-state index in [9.17, 15) is 0 Å². The standard InChI is InChI=1S/C17H20N6O2/c1-11-15(12(2)25-21-11)8-19-7-14-9-23-16(10-24-14)17(20-22-23)13-4-3-5-18-6-13/h3-6,14,19H,7-10H2,1-2H3. The van der Waals surface area contributed by atoms with Gasteiger partial charge in [0.2, 0.25) is 0 Å². The first kappa shape index (κ1) is 15.9. The second-order valence-electron chi connectivity index (χ2n) is 6.18. The van der Waals surface area contributed by atoms with E-state index < -0.39 is 0 Å². The van der Waals surface area contributed by atoms with Gasteiger partial charge < -0.3 is 14.6 Å². The van der Waals surface area contributed by atoms with Crippen molar-refractivity contribution >= 4 is 0 Å². The number of nitrogens with one attached hydrogen (secondary N) is 1. The Labute approximate surface area is 145 Å². The second-order valence-corrected chi connectivity index (χ2v) is 6.18. The Hall–Kier alpha value is -2.58. The number of hydrogen-bond acceptors (Lipinski definition) is 7. The van der Waals surface area contributed by atoms with Crippen molar-refractivity contribution in [3.8, 4) is 11.3 Å². The summed E-state index contributed by atoms with van der Waals surface area (Å²) in [6, 6.07) is 3.88. The first-order valence-corrected chi connectivity index (χ1v) is 8.29. The highest BCUT2D eigenvalue weighted by Gasteiger charge is 2.24. The van der Waals surface area contributed by atoms with Crippen LogP contribution in [0.1, 0.15) is 22.7 Å². The van der Waals surface area contributed by atoms with Crippen LogP contribution in [0.2, 0.25) is 0 Å². The highest BCUT2D eigenvalue weighted by Crippen LogP contribution is 2.24. The average Bonchev–Trinajstić information content (AvgIpc) is 3.20. The van der Waals surface area contributed by atoms with E-state index in [2.05, 4.69) is 25.8 Å². The summed E-state index contributed by atoms with van der Waals surface area (Å²) < 4.78 is 13.1. The Morgan fingerprint density at radius 1 is 1.36 bits per heavy atom. The Kier molecular flexibility index (Phi) is 4.29.